The first-order valence-electron chi connectivity index (χ1n) is 14.1. The summed E-state index contributed by atoms with van der Waals surface area (Å²) in [5.74, 6) is 1.64. The molecule has 0 fully saturated rings. The topological polar surface area (TPSA) is 77.8 Å². The van der Waals surface area contributed by atoms with Crippen molar-refractivity contribution in [3.8, 4) is 45.5 Å². The predicted octanol–water partition coefficient (Wildman–Crippen LogP) is 9.40. The number of aromatic nitrogens is 4. The van der Waals surface area contributed by atoms with E-state index in [0.29, 0.717) is 17.7 Å². The van der Waals surface area contributed by atoms with E-state index in [9.17, 15) is 0 Å². The largest absolute Gasteiger partial charge is 0.423 e. The lowest BCUT2D eigenvalue weighted by Crippen LogP contribution is -2.10. The zero-order valence-electron chi connectivity index (χ0n) is 25.0. The molecule has 0 atom stereocenters. The summed E-state index contributed by atoms with van der Waals surface area (Å²) in [6.07, 6.45) is 1.34. The molecule has 212 valence electrons. The third-order valence-corrected chi connectivity index (χ3v) is 7.02. The zero-order valence-corrected chi connectivity index (χ0v) is 25.0. The second-order valence-electron chi connectivity index (χ2n) is 12.3. The van der Waals surface area contributed by atoms with Gasteiger partial charge in [0.1, 0.15) is 0 Å². The molecule has 0 saturated heterocycles. The molecule has 6 rings (SSSR count). The van der Waals surface area contributed by atoms with Crippen LogP contribution in [0.25, 0.3) is 45.5 Å². The summed E-state index contributed by atoms with van der Waals surface area (Å²) in [7, 11) is 0. The third kappa shape index (κ3) is 6.89. The first-order chi connectivity index (χ1) is 20.1. The molecule has 4 aromatic carbocycles. The van der Waals surface area contributed by atoms with Crippen LogP contribution in [0.4, 0.5) is 0 Å². The first-order valence-corrected chi connectivity index (χ1v) is 14.1. The van der Waals surface area contributed by atoms with Crippen molar-refractivity contribution >= 4 is 0 Å². The average Bonchev–Trinajstić information content (AvgIpc) is 3.71. The summed E-state index contributed by atoms with van der Waals surface area (Å²) in [4.78, 5) is 0. The molecule has 0 N–H and O–H groups in total. The molecular formula is C36H36N4O2. The molecule has 2 heterocycles. The summed E-state index contributed by atoms with van der Waals surface area (Å²) < 4.78 is 11.0. The van der Waals surface area contributed by atoms with Crippen molar-refractivity contribution in [2.24, 2.45) is 0 Å². The predicted molar refractivity (Wildman–Crippen MR) is 168 cm³/mol. The van der Waals surface area contributed by atoms with Crippen molar-refractivity contribution in [2.45, 2.75) is 52.4 Å². The molecule has 0 radical (unpaired) electrons. The van der Waals surface area contributed by atoms with Gasteiger partial charge < -0.3 is 8.83 Å². The number of nitrogens with zero attached hydrogens (tertiary/aromatic N) is 4. The molecule has 0 amide bonds. The number of rotatable bonds is 4. The molecule has 6 aromatic rings. The lowest BCUT2D eigenvalue weighted by atomic mass is 9.87. The van der Waals surface area contributed by atoms with Gasteiger partial charge in [-0.15, -0.1) is 20.4 Å². The van der Waals surface area contributed by atoms with Crippen LogP contribution in [0.2, 0.25) is 0 Å². The van der Waals surface area contributed by atoms with E-state index in [0.717, 1.165) is 22.3 Å². The van der Waals surface area contributed by atoms with E-state index >= 15 is 0 Å². The van der Waals surface area contributed by atoms with E-state index in [2.05, 4.69) is 110 Å². The van der Waals surface area contributed by atoms with Gasteiger partial charge in [0.2, 0.25) is 24.1 Å². The smallest absolute Gasteiger partial charge is 0.248 e. The minimum absolute atomic E-state index is 0.124. The highest BCUT2D eigenvalue weighted by atomic mass is 16.4. The Morgan fingerprint density at radius 3 is 1.26 bits per heavy atom. The van der Waals surface area contributed by atoms with Crippen molar-refractivity contribution < 1.29 is 8.83 Å². The summed E-state index contributed by atoms with van der Waals surface area (Å²) >= 11 is 0. The van der Waals surface area contributed by atoms with E-state index in [1.165, 1.54) is 23.1 Å². The molecule has 0 unspecified atom stereocenters. The summed E-state index contributed by atoms with van der Waals surface area (Å²) in [6.45, 7) is 13.2. The highest BCUT2D eigenvalue weighted by molar-refractivity contribution is 5.67. The van der Waals surface area contributed by atoms with Gasteiger partial charge in [0.25, 0.3) is 0 Å². The minimum Gasteiger partial charge on any atom is -0.423 e. The van der Waals surface area contributed by atoms with Crippen LogP contribution in [0.1, 0.15) is 52.7 Å². The maximum atomic E-state index is 5.90. The molecule has 0 aliphatic heterocycles. The molecule has 0 bridgehead atoms. The van der Waals surface area contributed by atoms with E-state index in [1.54, 1.807) is 0 Å². The van der Waals surface area contributed by atoms with Crippen LogP contribution in [-0.2, 0) is 10.8 Å². The van der Waals surface area contributed by atoms with Gasteiger partial charge in [0.15, 0.2) is 0 Å². The normalized spacial score (nSPS) is 11.6. The van der Waals surface area contributed by atoms with Crippen LogP contribution < -0.4 is 0 Å². The van der Waals surface area contributed by atoms with E-state index in [-0.39, 0.29) is 10.8 Å². The molecular weight excluding hydrogens is 520 g/mol. The maximum Gasteiger partial charge on any atom is 0.248 e. The second-order valence-corrected chi connectivity index (χ2v) is 12.3. The third-order valence-electron chi connectivity index (χ3n) is 7.02. The van der Waals surface area contributed by atoms with Crippen molar-refractivity contribution in [2.75, 3.05) is 0 Å². The molecule has 0 spiro atoms. The van der Waals surface area contributed by atoms with Crippen molar-refractivity contribution in [1.82, 2.24) is 20.4 Å². The molecule has 6 heteroatoms. The Balaban J connectivity index is 0.000000199. The standard InChI is InChI=1S/C24H22N2O.C12H14N2O/c1-24(2,3)21-15-13-20(14-16-21)23-26-25-22(27-23)19-11-9-18(10-12-19)17-7-5-4-6-8-17;1-12(2,3)10-6-4-9(5-7-10)11-14-13-8-15-11/h4-16H,1-3H3;4-8H,1-3H3. The van der Waals surface area contributed by atoms with Gasteiger partial charge in [-0.25, -0.2) is 0 Å². The van der Waals surface area contributed by atoms with Crippen molar-refractivity contribution in [3.63, 3.8) is 0 Å². The van der Waals surface area contributed by atoms with Crippen LogP contribution in [0.15, 0.2) is 118 Å². The Hall–Kier alpha value is -4.84. The van der Waals surface area contributed by atoms with Gasteiger partial charge in [-0.3, -0.25) is 0 Å². The Kier molecular flexibility index (Phi) is 8.16. The zero-order chi connectivity index (χ0) is 29.7. The van der Waals surface area contributed by atoms with E-state index in [4.69, 9.17) is 8.83 Å². The van der Waals surface area contributed by atoms with Crippen LogP contribution in [0.5, 0.6) is 0 Å². The fourth-order valence-corrected chi connectivity index (χ4v) is 4.42. The van der Waals surface area contributed by atoms with Gasteiger partial charge in [-0.05, 0) is 69.5 Å². The number of hydrogen-bond acceptors (Lipinski definition) is 6. The van der Waals surface area contributed by atoms with Gasteiger partial charge in [-0.2, -0.15) is 0 Å². The van der Waals surface area contributed by atoms with E-state index < -0.39 is 0 Å². The van der Waals surface area contributed by atoms with Crippen molar-refractivity contribution in [3.05, 3.63) is 121 Å². The Labute approximate surface area is 247 Å². The number of hydrogen-bond donors (Lipinski definition) is 0. The van der Waals surface area contributed by atoms with Crippen LogP contribution >= 0.6 is 0 Å². The van der Waals surface area contributed by atoms with Crippen LogP contribution in [0.3, 0.4) is 0 Å². The maximum absolute atomic E-state index is 5.90. The van der Waals surface area contributed by atoms with E-state index in [1.807, 2.05) is 54.6 Å². The first kappa shape index (κ1) is 28.7. The summed E-state index contributed by atoms with van der Waals surface area (Å²) in [6, 6.07) is 35.0. The van der Waals surface area contributed by atoms with Crippen molar-refractivity contribution in [1.29, 1.82) is 0 Å². The van der Waals surface area contributed by atoms with Crippen LogP contribution in [-0.4, -0.2) is 20.4 Å². The molecule has 42 heavy (non-hydrogen) atoms. The molecule has 0 aliphatic carbocycles. The summed E-state index contributed by atoms with van der Waals surface area (Å²) in [5.41, 5.74) is 8.04. The van der Waals surface area contributed by atoms with Gasteiger partial charge in [0.05, 0.1) is 0 Å². The quantitative estimate of drug-likeness (QED) is 0.215. The lowest BCUT2D eigenvalue weighted by Gasteiger charge is -2.18. The summed E-state index contributed by atoms with van der Waals surface area (Å²) in [5, 5.41) is 16.0. The second kappa shape index (κ2) is 12.0. The monoisotopic (exact) mass is 556 g/mol. The lowest BCUT2D eigenvalue weighted by molar-refractivity contribution is 0.568. The highest BCUT2D eigenvalue weighted by Gasteiger charge is 2.16. The fourth-order valence-electron chi connectivity index (χ4n) is 4.42. The van der Waals surface area contributed by atoms with Gasteiger partial charge in [0, 0.05) is 16.7 Å². The fraction of sp³-hybridized carbons (Fsp3) is 0.222. The SMILES string of the molecule is CC(C)(C)c1ccc(-c2nnc(-c3ccc(-c4ccccc4)cc3)o2)cc1.CC(C)(C)c1ccc(-c2nnco2)cc1. The van der Waals surface area contributed by atoms with Crippen LogP contribution in [0, 0.1) is 0 Å². The molecule has 0 aliphatic rings. The Morgan fingerprint density at radius 1 is 0.429 bits per heavy atom. The Morgan fingerprint density at radius 2 is 0.833 bits per heavy atom. The highest BCUT2D eigenvalue weighted by Crippen LogP contribution is 2.29. The molecule has 2 aromatic heterocycles. The van der Waals surface area contributed by atoms with Gasteiger partial charge >= 0.3 is 0 Å². The van der Waals surface area contributed by atoms with Gasteiger partial charge in [-0.1, -0.05) is 108 Å². The molecule has 6 nitrogen and oxygen atoms in total. The average molecular weight is 557 g/mol. The Bertz CT molecular complexity index is 1690. The number of benzene rings is 4. The minimum atomic E-state index is 0.124. The molecule has 0 saturated carbocycles.